The van der Waals surface area contributed by atoms with Crippen LogP contribution in [-0.4, -0.2) is 9.65 Å². The average Bonchev–Trinajstić information content (AvgIpc) is 1.67. The van der Waals surface area contributed by atoms with Gasteiger partial charge in [0.2, 0.25) is 0 Å². The van der Waals surface area contributed by atoms with Crippen molar-refractivity contribution in [2.24, 2.45) is 0 Å². The Morgan fingerprint density at radius 3 is 2.12 bits per heavy atom. The van der Waals surface area contributed by atoms with Crippen molar-refractivity contribution in [3.8, 4) is 0 Å². The molecule has 8 heavy (non-hydrogen) atoms. The van der Waals surface area contributed by atoms with Gasteiger partial charge in [0.1, 0.15) is 0 Å². The van der Waals surface area contributed by atoms with E-state index >= 15 is 0 Å². The summed E-state index contributed by atoms with van der Waals surface area (Å²) in [4.78, 5) is 0. The van der Waals surface area contributed by atoms with E-state index in [0.717, 1.165) is 5.33 Å². The fourth-order valence-corrected chi connectivity index (χ4v) is 1.26. The lowest BCUT2D eigenvalue weighted by molar-refractivity contribution is 0.651. The highest BCUT2D eigenvalue weighted by molar-refractivity contribution is 9.12. The maximum absolute atomic E-state index is 3.59. The van der Waals surface area contributed by atoms with Gasteiger partial charge >= 0.3 is 0 Å². The first-order valence-corrected chi connectivity index (χ1v) is 4.78. The van der Waals surface area contributed by atoms with Crippen LogP contribution in [0.3, 0.4) is 0 Å². The van der Waals surface area contributed by atoms with Gasteiger partial charge in [0.15, 0.2) is 0 Å². The summed E-state index contributed by atoms with van der Waals surface area (Å²) in [5, 5.41) is 1.04. The lowest BCUT2D eigenvalue weighted by Crippen LogP contribution is -2.16. The molecule has 0 nitrogen and oxygen atoms in total. The summed E-state index contributed by atoms with van der Waals surface area (Å²) >= 11 is 7.02. The molecule has 0 unspecified atom stereocenters. The Kier molecular flexibility index (Phi) is 4.35. The van der Waals surface area contributed by atoms with Crippen LogP contribution in [0.5, 0.6) is 0 Å². The first-order chi connectivity index (χ1) is 3.62. The van der Waals surface area contributed by atoms with Crippen LogP contribution < -0.4 is 0 Å². The van der Waals surface area contributed by atoms with Crippen molar-refractivity contribution in [3.05, 3.63) is 0 Å². The highest BCUT2D eigenvalue weighted by Crippen LogP contribution is 2.25. The molecule has 0 aromatic heterocycles. The molecule has 0 bridgehead atoms. The smallest absolute Gasteiger partial charge is 0.0326 e. The second-order valence-electron chi connectivity index (χ2n) is 2.30. The molecular weight excluding hydrogens is 232 g/mol. The molecule has 50 valence electrons. The van der Waals surface area contributed by atoms with Gasteiger partial charge in [-0.3, -0.25) is 0 Å². The second-order valence-corrected chi connectivity index (χ2v) is 4.77. The van der Waals surface area contributed by atoms with Gasteiger partial charge in [-0.1, -0.05) is 45.2 Å². The van der Waals surface area contributed by atoms with Crippen molar-refractivity contribution >= 4 is 31.9 Å². The highest BCUT2D eigenvalue weighted by atomic mass is 79.9. The zero-order chi connectivity index (χ0) is 6.62. The molecule has 0 aromatic carbocycles. The standard InChI is InChI=1S/C6H12Br2/c1-3-4-6(2,8)5-7/h3-5H2,1-2H3/t6-/m1/s1. The summed E-state index contributed by atoms with van der Waals surface area (Å²) in [5.74, 6) is 0. The average molecular weight is 244 g/mol. The van der Waals surface area contributed by atoms with Crippen LogP contribution in [0.25, 0.3) is 0 Å². The van der Waals surface area contributed by atoms with Crippen LogP contribution in [-0.2, 0) is 0 Å². The molecule has 0 fully saturated rings. The van der Waals surface area contributed by atoms with E-state index in [1.807, 2.05) is 0 Å². The van der Waals surface area contributed by atoms with Crippen LogP contribution in [0.2, 0.25) is 0 Å². The molecule has 0 aliphatic carbocycles. The van der Waals surface area contributed by atoms with Crippen molar-refractivity contribution in [1.29, 1.82) is 0 Å². The molecule has 0 aromatic rings. The van der Waals surface area contributed by atoms with Crippen molar-refractivity contribution in [3.63, 3.8) is 0 Å². The minimum absolute atomic E-state index is 0.321. The van der Waals surface area contributed by atoms with E-state index in [9.17, 15) is 0 Å². The molecule has 0 saturated heterocycles. The van der Waals surface area contributed by atoms with E-state index < -0.39 is 0 Å². The Morgan fingerprint density at radius 2 is 2.00 bits per heavy atom. The molecule has 0 heterocycles. The molecule has 0 aliphatic rings. The van der Waals surface area contributed by atoms with E-state index in [-0.39, 0.29) is 0 Å². The third-order valence-electron chi connectivity index (χ3n) is 1.05. The Bertz CT molecular complexity index is 59.5. The number of hydrogen-bond donors (Lipinski definition) is 0. The maximum atomic E-state index is 3.59. The molecule has 0 aliphatic heterocycles. The lowest BCUT2D eigenvalue weighted by atomic mass is 10.1. The summed E-state index contributed by atoms with van der Waals surface area (Å²) < 4.78 is 0.321. The number of alkyl halides is 2. The molecule has 2 heteroatoms. The largest absolute Gasteiger partial charge is 0.0913 e. The third-order valence-corrected chi connectivity index (χ3v) is 3.72. The summed E-state index contributed by atoms with van der Waals surface area (Å²) in [7, 11) is 0. The SMILES string of the molecule is CCC[C@@](C)(Br)CBr. The quantitative estimate of drug-likeness (QED) is 0.668. The summed E-state index contributed by atoms with van der Waals surface area (Å²) in [6.07, 6.45) is 2.48. The normalized spacial score (nSPS) is 18.0. The first-order valence-electron chi connectivity index (χ1n) is 2.87. The van der Waals surface area contributed by atoms with Gasteiger partial charge in [-0.05, 0) is 13.3 Å². The second kappa shape index (κ2) is 3.89. The molecule has 0 rings (SSSR count). The topological polar surface area (TPSA) is 0 Å². The van der Waals surface area contributed by atoms with Gasteiger partial charge in [-0.15, -0.1) is 0 Å². The Balaban J connectivity index is 3.37. The van der Waals surface area contributed by atoms with E-state index in [1.165, 1.54) is 12.8 Å². The summed E-state index contributed by atoms with van der Waals surface area (Å²) in [6.45, 7) is 4.40. The molecule has 0 amide bonds. The van der Waals surface area contributed by atoms with Crippen LogP contribution in [0.1, 0.15) is 26.7 Å². The van der Waals surface area contributed by atoms with E-state index in [4.69, 9.17) is 0 Å². The van der Waals surface area contributed by atoms with Crippen LogP contribution in [0.15, 0.2) is 0 Å². The van der Waals surface area contributed by atoms with Gasteiger partial charge in [0.05, 0.1) is 0 Å². The molecule has 0 saturated carbocycles. The fraction of sp³-hybridized carbons (Fsp3) is 1.00. The van der Waals surface area contributed by atoms with Crippen molar-refractivity contribution < 1.29 is 0 Å². The van der Waals surface area contributed by atoms with Crippen molar-refractivity contribution in [2.45, 2.75) is 31.0 Å². The Hall–Kier alpha value is 0.960. The van der Waals surface area contributed by atoms with Gasteiger partial charge in [-0.25, -0.2) is 0 Å². The summed E-state index contributed by atoms with van der Waals surface area (Å²) in [6, 6.07) is 0. The van der Waals surface area contributed by atoms with Crippen LogP contribution >= 0.6 is 31.9 Å². The summed E-state index contributed by atoms with van der Waals surface area (Å²) in [5.41, 5.74) is 0. The maximum Gasteiger partial charge on any atom is 0.0326 e. The zero-order valence-electron chi connectivity index (χ0n) is 5.38. The van der Waals surface area contributed by atoms with Crippen LogP contribution in [0, 0.1) is 0 Å². The van der Waals surface area contributed by atoms with Gasteiger partial charge in [0.25, 0.3) is 0 Å². The van der Waals surface area contributed by atoms with Gasteiger partial charge in [0, 0.05) is 9.65 Å². The monoisotopic (exact) mass is 242 g/mol. The van der Waals surface area contributed by atoms with Crippen molar-refractivity contribution in [2.75, 3.05) is 5.33 Å². The number of hydrogen-bond acceptors (Lipinski definition) is 0. The minimum Gasteiger partial charge on any atom is -0.0913 e. The number of rotatable bonds is 3. The van der Waals surface area contributed by atoms with Gasteiger partial charge in [-0.2, -0.15) is 0 Å². The minimum atomic E-state index is 0.321. The predicted octanol–water partition coefficient (Wildman–Crippen LogP) is 3.34. The molecule has 0 radical (unpaired) electrons. The molecule has 0 N–H and O–H groups in total. The molecule has 0 spiro atoms. The van der Waals surface area contributed by atoms with E-state index in [2.05, 4.69) is 45.7 Å². The van der Waals surface area contributed by atoms with Gasteiger partial charge < -0.3 is 0 Å². The Morgan fingerprint density at radius 1 is 1.50 bits per heavy atom. The lowest BCUT2D eigenvalue weighted by Gasteiger charge is -2.17. The predicted molar refractivity (Wildman–Crippen MR) is 46.0 cm³/mol. The van der Waals surface area contributed by atoms with E-state index in [0.29, 0.717) is 4.32 Å². The van der Waals surface area contributed by atoms with Crippen molar-refractivity contribution in [1.82, 2.24) is 0 Å². The molecular formula is C6H12Br2. The fourth-order valence-electron chi connectivity index (χ4n) is 0.588. The van der Waals surface area contributed by atoms with Crippen LogP contribution in [0.4, 0.5) is 0 Å². The third kappa shape index (κ3) is 3.90. The number of halogens is 2. The highest BCUT2D eigenvalue weighted by Gasteiger charge is 2.15. The molecule has 1 atom stereocenters. The zero-order valence-corrected chi connectivity index (χ0v) is 8.55. The van der Waals surface area contributed by atoms with E-state index in [1.54, 1.807) is 0 Å². The Labute approximate surface area is 68.3 Å². The first kappa shape index (κ1) is 8.96.